The second-order valence-corrected chi connectivity index (χ2v) is 9.79. The van der Waals surface area contributed by atoms with Crippen LogP contribution in [0, 0.1) is 22.7 Å². The van der Waals surface area contributed by atoms with Crippen LogP contribution in [0.1, 0.15) is 53.4 Å². The number of fused-ring (bicyclic) bond motifs is 1. The van der Waals surface area contributed by atoms with Crippen LogP contribution in [0.25, 0.3) is 0 Å². The van der Waals surface area contributed by atoms with Crippen LogP contribution in [-0.2, 0) is 28.6 Å². The van der Waals surface area contributed by atoms with Crippen molar-refractivity contribution >= 4 is 17.9 Å². The number of ether oxygens (including phenoxy) is 3. The first-order valence-electron chi connectivity index (χ1n) is 11.2. The van der Waals surface area contributed by atoms with E-state index in [0.717, 1.165) is 5.57 Å². The molecule has 0 amide bonds. The average molecular weight is 451 g/mol. The van der Waals surface area contributed by atoms with E-state index in [2.05, 4.69) is 6.92 Å². The van der Waals surface area contributed by atoms with Crippen LogP contribution < -0.4 is 0 Å². The molecule has 8 heteroatoms. The highest BCUT2D eigenvalue weighted by Gasteiger charge is 2.59. The van der Waals surface area contributed by atoms with Gasteiger partial charge in [0.25, 0.3) is 0 Å². The highest BCUT2D eigenvalue weighted by atomic mass is 16.6. The first-order valence-corrected chi connectivity index (χ1v) is 11.2. The molecule has 1 heterocycles. The summed E-state index contributed by atoms with van der Waals surface area (Å²) in [7, 11) is 0. The van der Waals surface area contributed by atoms with Gasteiger partial charge in [0.2, 0.25) is 0 Å². The van der Waals surface area contributed by atoms with E-state index in [1.165, 1.54) is 19.9 Å². The quantitative estimate of drug-likeness (QED) is 0.344. The molecule has 2 N–H and O–H groups in total. The number of allylic oxidation sites excluding steroid dienone is 1. The van der Waals surface area contributed by atoms with E-state index >= 15 is 0 Å². The summed E-state index contributed by atoms with van der Waals surface area (Å²) in [4.78, 5) is 34.9. The fourth-order valence-corrected chi connectivity index (χ4v) is 6.11. The Morgan fingerprint density at radius 3 is 2.56 bits per heavy atom. The van der Waals surface area contributed by atoms with Crippen molar-refractivity contribution in [1.82, 2.24) is 0 Å². The van der Waals surface area contributed by atoms with Crippen molar-refractivity contribution in [3.8, 4) is 0 Å². The predicted molar refractivity (Wildman–Crippen MR) is 114 cm³/mol. The van der Waals surface area contributed by atoms with Crippen molar-refractivity contribution in [3.05, 3.63) is 23.3 Å². The molecule has 8 nitrogen and oxygen atoms in total. The van der Waals surface area contributed by atoms with Crippen molar-refractivity contribution in [3.63, 3.8) is 0 Å². The predicted octanol–water partition coefficient (Wildman–Crippen LogP) is 2.08. The monoisotopic (exact) mass is 450 g/mol. The van der Waals surface area contributed by atoms with Crippen molar-refractivity contribution in [2.24, 2.45) is 22.7 Å². The van der Waals surface area contributed by atoms with Gasteiger partial charge in [-0.05, 0) is 48.5 Å². The van der Waals surface area contributed by atoms with Crippen molar-refractivity contribution in [1.29, 1.82) is 0 Å². The molecule has 3 aliphatic rings. The first kappa shape index (κ1) is 24.5. The highest BCUT2D eigenvalue weighted by Crippen LogP contribution is 2.61. The largest absolute Gasteiger partial charge is 0.465 e. The normalized spacial score (nSPS) is 35.2. The van der Waals surface area contributed by atoms with Crippen LogP contribution >= 0.6 is 0 Å². The van der Waals surface area contributed by atoms with Crippen LogP contribution in [0.2, 0.25) is 0 Å². The minimum atomic E-state index is -0.872. The molecular formula is C24H34O8. The zero-order valence-corrected chi connectivity index (χ0v) is 19.3. The van der Waals surface area contributed by atoms with E-state index < -0.39 is 29.6 Å². The van der Waals surface area contributed by atoms with Gasteiger partial charge in [0, 0.05) is 30.9 Å². The van der Waals surface area contributed by atoms with Gasteiger partial charge in [-0.3, -0.25) is 9.59 Å². The Hall–Kier alpha value is -2.19. The summed E-state index contributed by atoms with van der Waals surface area (Å²) in [6.07, 6.45) is 4.32. The smallest absolute Gasteiger partial charge is 0.331 e. The van der Waals surface area contributed by atoms with E-state index in [1.54, 1.807) is 0 Å². The van der Waals surface area contributed by atoms with Gasteiger partial charge < -0.3 is 24.4 Å². The van der Waals surface area contributed by atoms with Gasteiger partial charge >= 0.3 is 17.9 Å². The number of hydrogen-bond acceptors (Lipinski definition) is 8. The van der Waals surface area contributed by atoms with Gasteiger partial charge in [0.15, 0.2) is 0 Å². The average Bonchev–Trinajstić information content (AvgIpc) is 3.16. The SMILES string of the molecule is CC(=O)OC[C@@]1(C)[C@H]2CC=C(CO)[C@@H](C[C@H](O)C3=CC(=O)OC3)[C@]2(C)CC[C@H]1OC(C)=O. The van der Waals surface area contributed by atoms with Crippen LogP contribution in [0.3, 0.4) is 0 Å². The van der Waals surface area contributed by atoms with Crippen LogP contribution in [0.4, 0.5) is 0 Å². The van der Waals surface area contributed by atoms with Crippen molar-refractivity contribution in [2.75, 3.05) is 19.8 Å². The topological polar surface area (TPSA) is 119 Å². The molecule has 1 saturated carbocycles. The summed E-state index contributed by atoms with van der Waals surface area (Å²) in [5.41, 5.74) is 0.420. The summed E-state index contributed by atoms with van der Waals surface area (Å²) in [6, 6.07) is 0. The number of aliphatic hydroxyl groups excluding tert-OH is 2. The van der Waals surface area contributed by atoms with Gasteiger partial charge in [-0.1, -0.05) is 19.9 Å². The second kappa shape index (κ2) is 9.35. The zero-order chi connectivity index (χ0) is 23.7. The molecule has 0 aromatic heterocycles. The molecule has 1 aliphatic heterocycles. The number of carbonyl (C=O) groups is 3. The van der Waals surface area contributed by atoms with Gasteiger partial charge in [-0.2, -0.15) is 0 Å². The molecule has 178 valence electrons. The zero-order valence-electron chi connectivity index (χ0n) is 19.3. The Kier molecular flexibility index (Phi) is 7.15. The second-order valence-electron chi connectivity index (χ2n) is 9.79. The van der Waals surface area contributed by atoms with E-state index in [4.69, 9.17) is 14.2 Å². The Labute approximate surface area is 188 Å². The van der Waals surface area contributed by atoms with Crippen LogP contribution in [0.5, 0.6) is 0 Å². The van der Waals surface area contributed by atoms with Gasteiger partial charge in [-0.15, -0.1) is 0 Å². The summed E-state index contributed by atoms with van der Waals surface area (Å²) < 4.78 is 16.1. The van der Waals surface area contributed by atoms with Crippen molar-refractivity contribution in [2.45, 2.75) is 65.6 Å². The Bertz CT molecular complexity index is 830. The molecule has 0 saturated heterocycles. The lowest BCUT2D eigenvalue weighted by atomic mass is 9.47. The minimum absolute atomic E-state index is 0.0182. The first-order chi connectivity index (χ1) is 15.0. The molecule has 0 radical (unpaired) electrons. The standard InChI is InChI=1S/C24H34O8/c1-14(26)31-13-24(4)20-6-5-16(11-25)18(10-19(28)17-9-22(29)30-12-17)23(20,3)8-7-21(24)32-15(2)27/h5,9,18-21,25,28H,6-8,10-13H2,1-4H3/t18-,19+,20+,21-,23+,24+/m1/s1. The third-order valence-corrected chi connectivity index (χ3v) is 7.78. The molecule has 2 aliphatic carbocycles. The third kappa shape index (κ3) is 4.62. The number of esters is 3. The number of carbonyl (C=O) groups excluding carboxylic acids is 3. The summed E-state index contributed by atoms with van der Waals surface area (Å²) in [6.45, 7) is 6.93. The Morgan fingerprint density at radius 2 is 2.00 bits per heavy atom. The summed E-state index contributed by atoms with van der Waals surface area (Å²) in [5, 5.41) is 20.9. The lowest BCUT2D eigenvalue weighted by Crippen LogP contribution is -2.58. The molecule has 0 spiro atoms. The van der Waals surface area contributed by atoms with Gasteiger partial charge in [-0.25, -0.2) is 4.79 Å². The fourth-order valence-electron chi connectivity index (χ4n) is 6.11. The molecule has 3 rings (SSSR count). The molecule has 0 unspecified atom stereocenters. The molecule has 0 aromatic rings. The minimum Gasteiger partial charge on any atom is -0.465 e. The Morgan fingerprint density at radius 1 is 1.28 bits per heavy atom. The van der Waals surface area contributed by atoms with E-state index in [0.29, 0.717) is 31.3 Å². The lowest BCUT2D eigenvalue weighted by Gasteiger charge is -2.59. The maximum atomic E-state index is 11.8. The maximum absolute atomic E-state index is 11.8. The third-order valence-electron chi connectivity index (χ3n) is 7.78. The molecule has 0 bridgehead atoms. The van der Waals surface area contributed by atoms with Crippen molar-refractivity contribution < 1.29 is 38.8 Å². The number of cyclic esters (lactones) is 1. The van der Waals surface area contributed by atoms with Crippen LogP contribution in [0.15, 0.2) is 23.3 Å². The summed E-state index contributed by atoms with van der Waals surface area (Å²) >= 11 is 0. The van der Waals surface area contributed by atoms with Gasteiger partial charge in [0.05, 0.1) is 12.7 Å². The van der Waals surface area contributed by atoms with E-state index in [1.807, 2.05) is 13.0 Å². The summed E-state index contributed by atoms with van der Waals surface area (Å²) in [5.74, 6) is -1.41. The molecule has 32 heavy (non-hydrogen) atoms. The van der Waals surface area contributed by atoms with Gasteiger partial charge in [0.1, 0.15) is 19.3 Å². The molecule has 0 aromatic carbocycles. The van der Waals surface area contributed by atoms with E-state index in [-0.39, 0.29) is 43.0 Å². The number of rotatable bonds is 7. The van der Waals surface area contributed by atoms with Crippen LogP contribution in [-0.4, -0.2) is 60.1 Å². The highest BCUT2D eigenvalue weighted by molar-refractivity contribution is 5.85. The van der Waals surface area contributed by atoms with E-state index in [9.17, 15) is 24.6 Å². The number of aliphatic hydroxyl groups is 2. The Balaban J connectivity index is 1.95. The maximum Gasteiger partial charge on any atom is 0.331 e. The molecule has 1 fully saturated rings. The lowest BCUT2D eigenvalue weighted by molar-refractivity contribution is -0.189. The molecular weight excluding hydrogens is 416 g/mol. The number of hydrogen-bond donors (Lipinski definition) is 2. The fraction of sp³-hybridized carbons (Fsp3) is 0.708. The molecule has 6 atom stereocenters.